The fraction of sp³-hybridized carbons (Fsp3) is 0.471. The third kappa shape index (κ3) is 3.18. The Labute approximate surface area is 155 Å². The number of hydrogen-bond donors (Lipinski definition) is 0. The summed E-state index contributed by atoms with van der Waals surface area (Å²) in [6.45, 7) is 3.09. The molecule has 4 rings (SSSR count). The van der Waals surface area contributed by atoms with E-state index in [9.17, 15) is 9.59 Å². The summed E-state index contributed by atoms with van der Waals surface area (Å²) in [5, 5.41) is 4.35. The van der Waals surface area contributed by atoms with Crippen LogP contribution >= 0.6 is 22.9 Å². The molecule has 0 aliphatic carbocycles. The molecule has 0 aromatic carbocycles. The van der Waals surface area contributed by atoms with Crippen LogP contribution in [0, 0.1) is 0 Å². The van der Waals surface area contributed by atoms with E-state index >= 15 is 0 Å². The van der Waals surface area contributed by atoms with Gasteiger partial charge in [-0.3, -0.25) is 14.3 Å². The number of halogens is 1. The molecular formula is C17H19ClN4O2S. The molecule has 1 fully saturated rings. The second kappa shape index (κ2) is 6.80. The number of thiophene rings is 1. The van der Waals surface area contributed by atoms with E-state index in [4.69, 9.17) is 11.6 Å². The lowest BCUT2D eigenvalue weighted by molar-refractivity contribution is 0.0537. The smallest absolute Gasteiger partial charge is 0.264 e. The molecule has 0 saturated carbocycles. The number of fused-ring (bicyclic) bond motifs is 1. The van der Waals surface area contributed by atoms with Crippen LogP contribution in [0.25, 0.3) is 0 Å². The topological polar surface area (TPSA) is 58.4 Å². The maximum Gasteiger partial charge on any atom is 0.264 e. The highest BCUT2D eigenvalue weighted by Gasteiger charge is 2.29. The molecule has 2 aromatic rings. The van der Waals surface area contributed by atoms with Crippen molar-refractivity contribution in [1.29, 1.82) is 0 Å². The van der Waals surface area contributed by atoms with Gasteiger partial charge >= 0.3 is 0 Å². The average Bonchev–Trinajstić information content (AvgIpc) is 3.27. The molecule has 0 spiro atoms. The first-order valence-corrected chi connectivity index (χ1v) is 9.71. The minimum atomic E-state index is -0.00749. The van der Waals surface area contributed by atoms with Crippen molar-refractivity contribution in [1.82, 2.24) is 19.6 Å². The zero-order chi connectivity index (χ0) is 17.4. The molecule has 0 unspecified atom stereocenters. The van der Waals surface area contributed by atoms with E-state index in [1.165, 1.54) is 11.3 Å². The van der Waals surface area contributed by atoms with Crippen LogP contribution in [0.5, 0.6) is 0 Å². The van der Waals surface area contributed by atoms with Crippen LogP contribution in [0.15, 0.2) is 18.3 Å². The van der Waals surface area contributed by atoms with Gasteiger partial charge in [-0.25, -0.2) is 0 Å². The number of rotatable bonds is 2. The monoisotopic (exact) mass is 378 g/mol. The maximum atomic E-state index is 12.8. The van der Waals surface area contributed by atoms with Crippen LogP contribution in [0.1, 0.15) is 38.6 Å². The molecule has 2 amide bonds. The number of aryl methyl sites for hydroxylation is 1. The van der Waals surface area contributed by atoms with E-state index in [0.717, 1.165) is 37.1 Å². The third-order valence-electron chi connectivity index (χ3n) is 4.85. The van der Waals surface area contributed by atoms with Crippen molar-refractivity contribution in [2.45, 2.75) is 25.8 Å². The van der Waals surface area contributed by atoms with Crippen molar-refractivity contribution in [3.8, 4) is 0 Å². The number of hydrogen-bond acceptors (Lipinski definition) is 4. The molecule has 2 aliphatic heterocycles. The minimum Gasteiger partial charge on any atom is -0.335 e. The number of amides is 2. The molecule has 2 aromatic heterocycles. The third-order valence-corrected chi connectivity index (χ3v) is 6.07. The summed E-state index contributed by atoms with van der Waals surface area (Å²) in [7, 11) is 0. The summed E-state index contributed by atoms with van der Waals surface area (Å²) < 4.78 is 2.57. The Morgan fingerprint density at radius 2 is 1.72 bits per heavy atom. The number of carbonyl (C=O) groups is 2. The fourth-order valence-corrected chi connectivity index (χ4v) is 4.48. The summed E-state index contributed by atoms with van der Waals surface area (Å²) in [6.07, 6.45) is 4.85. The van der Waals surface area contributed by atoms with Gasteiger partial charge in [0.25, 0.3) is 11.8 Å². The van der Waals surface area contributed by atoms with Crippen molar-refractivity contribution in [3.05, 3.63) is 38.8 Å². The Hall–Kier alpha value is -1.86. The first-order chi connectivity index (χ1) is 12.1. The SMILES string of the molecule is O=C(c1ccc(Cl)s1)N1CCN(C(=O)c2cnn3c2CCCC3)CC1. The van der Waals surface area contributed by atoms with Gasteiger partial charge in [-0.15, -0.1) is 11.3 Å². The Balaban J connectivity index is 1.41. The molecular weight excluding hydrogens is 360 g/mol. The molecule has 0 atom stereocenters. The minimum absolute atomic E-state index is 0.00749. The van der Waals surface area contributed by atoms with Gasteiger partial charge in [0.2, 0.25) is 0 Å². The molecule has 132 valence electrons. The molecule has 2 aliphatic rings. The fourth-order valence-electron chi connectivity index (χ4n) is 3.47. The summed E-state index contributed by atoms with van der Waals surface area (Å²) in [5.41, 5.74) is 1.78. The molecule has 1 saturated heterocycles. The van der Waals surface area contributed by atoms with E-state index in [0.29, 0.717) is 35.4 Å². The van der Waals surface area contributed by atoms with Gasteiger partial charge in [0.1, 0.15) is 0 Å². The first-order valence-electron chi connectivity index (χ1n) is 8.52. The lowest BCUT2D eigenvalue weighted by Crippen LogP contribution is -2.50. The first kappa shape index (κ1) is 16.6. The number of carbonyl (C=O) groups excluding carboxylic acids is 2. The molecule has 4 heterocycles. The predicted octanol–water partition coefficient (Wildman–Crippen LogP) is 2.53. The van der Waals surface area contributed by atoms with E-state index < -0.39 is 0 Å². The molecule has 0 bridgehead atoms. The summed E-state index contributed by atoms with van der Waals surface area (Å²) in [5.74, 6) is 0.0290. The quantitative estimate of drug-likeness (QED) is 0.806. The largest absolute Gasteiger partial charge is 0.335 e. The van der Waals surface area contributed by atoms with Crippen LogP contribution in [0.2, 0.25) is 4.34 Å². The molecule has 25 heavy (non-hydrogen) atoms. The predicted molar refractivity (Wildman–Crippen MR) is 96.3 cm³/mol. The molecule has 0 N–H and O–H groups in total. The van der Waals surface area contributed by atoms with E-state index in [1.807, 2.05) is 9.58 Å². The maximum absolute atomic E-state index is 12.8. The van der Waals surface area contributed by atoms with Crippen LogP contribution < -0.4 is 0 Å². The summed E-state index contributed by atoms with van der Waals surface area (Å²) in [6, 6.07) is 3.49. The second-order valence-electron chi connectivity index (χ2n) is 6.37. The van der Waals surface area contributed by atoms with Gasteiger partial charge in [0.05, 0.1) is 26.7 Å². The summed E-state index contributed by atoms with van der Waals surface area (Å²) in [4.78, 5) is 29.6. The highest BCUT2D eigenvalue weighted by molar-refractivity contribution is 7.17. The highest BCUT2D eigenvalue weighted by Crippen LogP contribution is 2.24. The van der Waals surface area contributed by atoms with Crippen molar-refractivity contribution in [3.63, 3.8) is 0 Å². The number of nitrogens with zero attached hydrogens (tertiary/aromatic N) is 4. The average molecular weight is 379 g/mol. The van der Waals surface area contributed by atoms with Gasteiger partial charge in [-0.05, 0) is 31.4 Å². The molecule has 0 radical (unpaired) electrons. The van der Waals surface area contributed by atoms with E-state index in [2.05, 4.69) is 5.10 Å². The van der Waals surface area contributed by atoms with Crippen molar-refractivity contribution in [2.75, 3.05) is 26.2 Å². The Kier molecular flexibility index (Phi) is 4.52. The van der Waals surface area contributed by atoms with Gasteiger partial charge < -0.3 is 9.80 Å². The number of piperazine rings is 1. The van der Waals surface area contributed by atoms with Crippen LogP contribution in [0.4, 0.5) is 0 Å². The van der Waals surface area contributed by atoms with Crippen molar-refractivity contribution < 1.29 is 9.59 Å². The molecule has 8 heteroatoms. The van der Waals surface area contributed by atoms with E-state index in [-0.39, 0.29) is 11.8 Å². The second-order valence-corrected chi connectivity index (χ2v) is 8.09. The van der Waals surface area contributed by atoms with E-state index in [1.54, 1.807) is 23.2 Å². The standard InChI is InChI=1S/C17H19ClN4O2S/c18-15-5-4-14(25-15)17(24)21-9-7-20(8-10-21)16(23)12-11-19-22-6-2-1-3-13(12)22/h4-5,11H,1-3,6-10H2. The Bertz CT molecular complexity index is 807. The van der Waals surface area contributed by atoms with Crippen LogP contribution in [-0.4, -0.2) is 57.6 Å². The lowest BCUT2D eigenvalue weighted by atomic mass is 10.1. The zero-order valence-corrected chi connectivity index (χ0v) is 15.4. The highest BCUT2D eigenvalue weighted by atomic mass is 35.5. The van der Waals surface area contributed by atoms with Crippen molar-refractivity contribution in [2.24, 2.45) is 0 Å². The summed E-state index contributed by atoms with van der Waals surface area (Å²) >= 11 is 7.20. The molecule has 6 nitrogen and oxygen atoms in total. The zero-order valence-electron chi connectivity index (χ0n) is 13.8. The lowest BCUT2D eigenvalue weighted by Gasteiger charge is -2.34. The van der Waals surface area contributed by atoms with Crippen LogP contribution in [0.3, 0.4) is 0 Å². The van der Waals surface area contributed by atoms with Crippen molar-refractivity contribution >= 4 is 34.8 Å². The normalized spacial score (nSPS) is 17.5. The van der Waals surface area contributed by atoms with Gasteiger partial charge in [-0.2, -0.15) is 5.10 Å². The Morgan fingerprint density at radius 1 is 1.00 bits per heavy atom. The Morgan fingerprint density at radius 3 is 2.40 bits per heavy atom. The van der Waals surface area contributed by atoms with Gasteiger partial charge in [0.15, 0.2) is 0 Å². The number of aromatic nitrogens is 2. The van der Waals surface area contributed by atoms with Crippen LogP contribution in [-0.2, 0) is 13.0 Å². The van der Waals surface area contributed by atoms with Gasteiger partial charge in [-0.1, -0.05) is 11.6 Å². The van der Waals surface area contributed by atoms with Gasteiger partial charge in [0, 0.05) is 32.7 Å².